The minimum atomic E-state index is 0.220. The lowest BCUT2D eigenvalue weighted by Gasteiger charge is -2.18. The number of thiazole rings is 1. The molecule has 1 aliphatic rings. The molecule has 6 heteroatoms. The van der Waals surface area contributed by atoms with Gasteiger partial charge in [-0.3, -0.25) is 4.79 Å². The molecule has 2 aromatic rings. The molecule has 25 heavy (non-hydrogen) atoms. The van der Waals surface area contributed by atoms with Gasteiger partial charge >= 0.3 is 0 Å². The maximum Gasteiger partial charge on any atom is 0.222 e. The largest absolute Gasteiger partial charge is 0.497 e. The Hall–Kier alpha value is -2.08. The average molecular weight is 360 g/mol. The maximum absolute atomic E-state index is 12.6. The summed E-state index contributed by atoms with van der Waals surface area (Å²) in [6.07, 6.45) is 2.28. The highest BCUT2D eigenvalue weighted by Gasteiger charge is 2.29. The molecule has 1 amide bonds. The van der Waals surface area contributed by atoms with Crippen molar-refractivity contribution in [2.45, 2.75) is 32.1 Å². The summed E-state index contributed by atoms with van der Waals surface area (Å²) in [6, 6.07) is 5.86. The number of hydrogen-bond donors (Lipinski definition) is 0. The number of aromatic nitrogens is 1. The van der Waals surface area contributed by atoms with E-state index in [-0.39, 0.29) is 5.91 Å². The Morgan fingerprint density at radius 2 is 2.20 bits per heavy atom. The Morgan fingerprint density at radius 1 is 1.36 bits per heavy atom. The van der Waals surface area contributed by atoms with Gasteiger partial charge in [0.15, 0.2) is 0 Å². The molecule has 1 atom stereocenters. The molecule has 3 rings (SSSR count). The second-order valence-electron chi connectivity index (χ2n) is 6.29. The first-order valence-electron chi connectivity index (χ1n) is 8.51. The number of ether oxygens (including phenoxy) is 2. The molecule has 0 radical (unpaired) electrons. The highest BCUT2D eigenvalue weighted by atomic mass is 32.1. The number of aryl methyl sites for hydroxylation is 2. The van der Waals surface area contributed by atoms with Crippen LogP contribution in [0, 0.1) is 6.92 Å². The lowest BCUT2D eigenvalue weighted by atomic mass is 9.97. The molecule has 1 aromatic carbocycles. The van der Waals surface area contributed by atoms with Crippen LogP contribution < -0.4 is 9.47 Å². The van der Waals surface area contributed by atoms with E-state index in [1.54, 1.807) is 25.6 Å². The van der Waals surface area contributed by atoms with Crippen molar-refractivity contribution in [1.29, 1.82) is 0 Å². The lowest BCUT2D eigenvalue weighted by Crippen LogP contribution is -2.28. The number of benzene rings is 1. The second kappa shape index (κ2) is 7.87. The van der Waals surface area contributed by atoms with Crippen LogP contribution in [0.4, 0.5) is 0 Å². The van der Waals surface area contributed by atoms with E-state index in [9.17, 15) is 4.79 Å². The van der Waals surface area contributed by atoms with Crippen molar-refractivity contribution >= 4 is 17.2 Å². The molecular formula is C19H24N2O3S. The van der Waals surface area contributed by atoms with Crippen LogP contribution in [0.25, 0.3) is 0 Å². The third-order valence-corrected chi connectivity index (χ3v) is 5.82. The molecule has 0 bridgehead atoms. The second-order valence-corrected chi connectivity index (χ2v) is 7.23. The first-order valence-corrected chi connectivity index (χ1v) is 9.39. The van der Waals surface area contributed by atoms with Gasteiger partial charge in [-0.1, -0.05) is 0 Å². The van der Waals surface area contributed by atoms with E-state index in [2.05, 4.69) is 4.98 Å². The molecule has 1 aromatic heterocycles. The predicted octanol–water partition coefficient (Wildman–Crippen LogP) is 3.42. The van der Waals surface area contributed by atoms with E-state index in [0.717, 1.165) is 48.7 Å². The maximum atomic E-state index is 12.6. The number of nitrogens with zero attached hydrogens (tertiary/aromatic N) is 2. The fourth-order valence-electron chi connectivity index (χ4n) is 3.34. The van der Waals surface area contributed by atoms with Crippen molar-refractivity contribution in [1.82, 2.24) is 9.88 Å². The zero-order chi connectivity index (χ0) is 17.8. The Labute approximate surface area is 152 Å². The van der Waals surface area contributed by atoms with Crippen molar-refractivity contribution in [3.8, 4) is 11.5 Å². The molecule has 1 saturated heterocycles. The van der Waals surface area contributed by atoms with Crippen LogP contribution in [-0.2, 0) is 11.2 Å². The Bertz CT molecular complexity index is 744. The average Bonchev–Trinajstić information content (AvgIpc) is 3.28. The van der Waals surface area contributed by atoms with E-state index in [1.807, 2.05) is 35.5 Å². The van der Waals surface area contributed by atoms with Gasteiger partial charge in [0.05, 0.1) is 25.4 Å². The van der Waals surface area contributed by atoms with Gasteiger partial charge in [-0.15, -0.1) is 11.3 Å². The van der Waals surface area contributed by atoms with Crippen molar-refractivity contribution in [3.63, 3.8) is 0 Å². The summed E-state index contributed by atoms with van der Waals surface area (Å²) in [5.41, 5.74) is 4.00. The summed E-state index contributed by atoms with van der Waals surface area (Å²) in [7, 11) is 3.35. The van der Waals surface area contributed by atoms with Crippen molar-refractivity contribution in [2.24, 2.45) is 0 Å². The first-order chi connectivity index (χ1) is 12.1. The van der Waals surface area contributed by atoms with E-state index < -0.39 is 0 Å². The lowest BCUT2D eigenvalue weighted by molar-refractivity contribution is -0.130. The molecule has 1 aliphatic heterocycles. The van der Waals surface area contributed by atoms with Crippen molar-refractivity contribution in [2.75, 3.05) is 27.3 Å². The Kier molecular flexibility index (Phi) is 5.58. The van der Waals surface area contributed by atoms with Crippen LogP contribution in [0.15, 0.2) is 23.7 Å². The number of likely N-dealkylation sites (tertiary alicyclic amines) is 1. The van der Waals surface area contributed by atoms with E-state index >= 15 is 0 Å². The molecule has 5 nitrogen and oxygen atoms in total. The molecule has 0 N–H and O–H groups in total. The van der Waals surface area contributed by atoms with Crippen molar-refractivity contribution in [3.05, 3.63) is 39.8 Å². The van der Waals surface area contributed by atoms with Gasteiger partial charge in [-0.2, -0.15) is 0 Å². The fraction of sp³-hybridized carbons (Fsp3) is 0.474. The number of carbonyl (C=O) groups excluding carboxylic acids is 1. The molecular weight excluding hydrogens is 336 g/mol. The van der Waals surface area contributed by atoms with Gasteiger partial charge in [0.25, 0.3) is 0 Å². The number of hydrogen-bond acceptors (Lipinski definition) is 5. The van der Waals surface area contributed by atoms with Gasteiger partial charge in [0.2, 0.25) is 5.91 Å². The van der Waals surface area contributed by atoms with Gasteiger partial charge in [-0.05, 0) is 38.0 Å². The summed E-state index contributed by atoms with van der Waals surface area (Å²) in [6.45, 7) is 3.53. The Morgan fingerprint density at radius 3 is 2.88 bits per heavy atom. The third kappa shape index (κ3) is 3.95. The molecule has 134 valence electrons. The first kappa shape index (κ1) is 17.7. The summed E-state index contributed by atoms with van der Waals surface area (Å²) >= 11 is 1.63. The van der Waals surface area contributed by atoms with Crippen LogP contribution in [0.1, 0.15) is 34.9 Å². The summed E-state index contributed by atoms with van der Waals surface area (Å²) in [5, 5.41) is 0. The van der Waals surface area contributed by atoms with Crippen LogP contribution >= 0.6 is 11.3 Å². The van der Waals surface area contributed by atoms with Crippen LogP contribution in [0.2, 0.25) is 0 Å². The van der Waals surface area contributed by atoms with E-state index in [1.165, 1.54) is 4.88 Å². The van der Waals surface area contributed by atoms with Gasteiger partial charge in [0, 0.05) is 35.9 Å². The molecule has 2 heterocycles. The van der Waals surface area contributed by atoms with Crippen LogP contribution in [0.5, 0.6) is 11.5 Å². The van der Waals surface area contributed by atoms with Gasteiger partial charge in [-0.25, -0.2) is 4.98 Å². The predicted molar refractivity (Wildman–Crippen MR) is 98.7 cm³/mol. The van der Waals surface area contributed by atoms with E-state index in [0.29, 0.717) is 12.3 Å². The minimum absolute atomic E-state index is 0.220. The zero-order valence-corrected chi connectivity index (χ0v) is 15.8. The van der Waals surface area contributed by atoms with E-state index in [4.69, 9.17) is 9.47 Å². The monoisotopic (exact) mass is 360 g/mol. The zero-order valence-electron chi connectivity index (χ0n) is 14.9. The summed E-state index contributed by atoms with van der Waals surface area (Å²) in [5.74, 6) is 2.19. The topological polar surface area (TPSA) is 51.7 Å². The molecule has 1 fully saturated rings. The van der Waals surface area contributed by atoms with Gasteiger partial charge < -0.3 is 14.4 Å². The van der Waals surface area contributed by atoms with Crippen LogP contribution in [-0.4, -0.2) is 43.1 Å². The SMILES string of the molecule is COc1ccc(OC)c(C2CCN(C(=O)CCc3scnc3C)C2)c1. The standard InChI is InChI=1S/C19H24N2O3S/c1-13-18(25-12-20-13)6-7-19(22)21-9-8-14(11-21)16-10-15(23-2)4-5-17(16)24-3/h4-5,10,12,14H,6-9,11H2,1-3H3. The minimum Gasteiger partial charge on any atom is -0.497 e. The van der Waals surface area contributed by atoms with Crippen LogP contribution in [0.3, 0.4) is 0 Å². The third-order valence-electron chi connectivity index (χ3n) is 4.83. The quantitative estimate of drug-likeness (QED) is 0.792. The summed E-state index contributed by atoms with van der Waals surface area (Å²) in [4.78, 5) is 20.0. The Balaban J connectivity index is 1.63. The number of amides is 1. The fourth-order valence-corrected chi connectivity index (χ4v) is 4.13. The normalized spacial score (nSPS) is 16.9. The molecule has 0 saturated carbocycles. The van der Waals surface area contributed by atoms with Gasteiger partial charge in [0.1, 0.15) is 11.5 Å². The van der Waals surface area contributed by atoms with Crippen molar-refractivity contribution < 1.29 is 14.3 Å². The summed E-state index contributed by atoms with van der Waals surface area (Å²) < 4.78 is 10.8. The highest BCUT2D eigenvalue weighted by Crippen LogP contribution is 2.36. The number of methoxy groups -OCH3 is 2. The molecule has 1 unspecified atom stereocenters. The highest BCUT2D eigenvalue weighted by molar-refractivity contribution is 7.09. The molecule has 0 aliphatic carbocycles. The number of carbonyl (C=O) groups is 1. The number of rotatable bonds is 6. The smallest absolute Gasteiger partial charge is 0.222 e. The molecule has 0 spiro atoms.